The van der Waals surface area contributed by atoms with Gasteiger partial charge >= 0.3 is 0 Å². The summed E-state index contributed by atoms with van der Waals surface area (Å²) in [5.74, 6) is 0.948. The van der Waals surface area contributed by atoms with Crippen LogP contribution in [-0.2, 0) is 4.79 Å². The molecule has 3 heterocycles. The molecule has 1 unspecified atom stereocenters. The van der Waals surface area contributed by atoms with E-state index < -0.39 is 0 Å². The van der Waals surface area contributed by atoms with Gasteiger partial charge < -0.3 is 9.88 Å². The molecule has 8 heteroatoms. The molecule has 1 aliphatic heterocycles. The van der Waals surface area contributed by atoms with E-state index in [2.05, 4.69) is 32.2 Å². The number of carbonyl (C=O) groups is 1. The Hall–Kier alpha value is -1.67. The number of aromatic amines is 1. The van der Waals surface area contributed by atoms with Crippen molar-refractivity contribution in [1.29, 1.82) is 0 Å². The van der Waals surface area contributed by atoms with E-state index in [4.69, 9.17) is 0 Å². The monoisotopic (exact) mass is 306 g/mol. The Balaban J connectivity index is 1.66. The average Bonchev–Trinajstić information content (AvgIpc) is 3.10. The number of carbonyl (C=O) groups excluding carboxylic acids is 1. The molecule has 1 amide bonds. The molecule has 0 spiro atoms. The molecule has 7 nitrogen and oxygen atoms in total. The van der Waals surface area contributed by atoms with E-state index in [0.29, 0.717) is 12.2 Å². The molecule has 1 aliphatic rings. The summed E-state index contributed by atoms with van der Waals surface area (Å²) in [4.78, 5) is 29.4. The van der Waals surface area contributed by atoms with Crippen LogP contribution in [0.2, 0.25) is 0 Å². The number of thioether (sulfide) groups is 1. The van der Waals surface area contributed by atoms with E-state index in [1.807, 2.05) is 4.90 Å². The van der Waals surface area contributed by atoms with Gasteiger partial charge in [-0.2, -0.15) is 0 Å². The van der Waals surface area contributed by atoms with Crippen molar-refractivity contribution in [2.75, 3.05) is 18.8 Å². The first-order chi connectivity index (χ1) is 10.3. The maximum atomic E-state index is 11.9. The van der Waals surface area contributed by atoms with Crippen LogP contribution in [0.3, 0.4) is 0 Å². The van der Waals surface area contributed by atoms with Crippen LogP contribution in [-0.4, -0.2) is 55.8 Å². The number of rotatable bonds is 6. The number of nitrogens with one attached hydrogen (secondary N) is 2. The summed E-state index contributed by atoms with van der Waals surface area (Å²) in [6.07, 6.45) is 5.33. The van der Waals surface area contributed by atoms with Crippen LogP contribution in [0.15, 0.2) is 17.7 Å². The molecule has 2 aromatic rings. The number of unbranched alkanes of at least 4 members (excludes halogenated alkanes) is 1. The zero-order valence-corrected chi connectivity index (χ0v) is 12.7. The number of hydrogen-bond acceptors (Lipinski definition) is 6. The molecule has 3 rings (SSSR count). The van der Waals surface area contributed by atoms with Crippen LogP contribution in [0.5, 0.6) is 0 Å². The Kier molecular flexibility index (Phi) is 4.35. The highest BCUT2D eigenvalue weighted by Gasteiger charge is 2.29. The topological polar surface area (TPSA) is 86.8 Å². The average molecular weight is 306 g/mol. The number of aromatic nitrogens is 4. The molecule has 1 saturated heterocycles. The Morgan fingerprint density at radius 2 is 2.33 bits per heavy atom. The van der Waals surface area contributed by atoms with E-state index in [1.54, 1.807) is 18.1 Å². The number of H-pyrrole nitrogens is 1. The van der Waals surface area contributed by atoms with Crippen molar-refractivity contribution in [3.63, 3.8) is 0 Å². The summed E-state index contributed by atoms with van der Waals surface area (Å²) in [5, 5.41) is 4.13. The summed E-state index contributed by atoms with van der Waals surface area (Å²) < 4.78 is 0. The third-order valence-electron chi connectivity index (χ3n) is 3.50. The van der Waals surface area contributed by atoms with Gasteiger partial charge in [0.2, 0.25) is 5.91 Å². The van der Waals surface area contributed by atoms with Gasteiger partial charge in [-0.05, 0) is 6.42 Å². The van der Waals surface area contributed by atoms with Crippen molar-refractivity contribution in [3.05, 3.63) is 12.7 Å². The lowest BCUT2D eigenvalue weighted by atomic mass is 10.3. The van der Waals surface area contributed by atoms with Crippen molar-refractivity contribution in [2.45, 2.75) is 31.0 Å². The van der Waals surface area contributed by atoms with Crippen LogP contribution in [0.1, 0.15) is 19.8 Å². The molecular weight excluding hydrogens is 288 g/mol. The second kappa shape index (κ2) is 6.40. The third-order valence-corrected chi connectivity index (χ3v) is 4.57. The fourth-order valence-electron chi connectivity index (χ4n) is 2.36. The molecule has 0 saturated carbocycles. The van der Waals surface area contributed by atoms with Gasteiger partial charge in [-0.15, -0.1) is 11.8 Å². The lowest BCUT2D eigenvalue weighted by molar-refractivity contribution is -0.127. The minimum absolute atomic E-state index is 0.0713. The maximum absolute atomic E-state index is 11.9. The molecule has 1 fully saturated rings. The predicted molar refractivity (Wildman–Crippen MR) is 80.8 cm³/mol. The quantitative estimate of drug-likeness (QED) is 0.612. The molecular formula is C13H18N6OS. The summed E-state index contributed by atoms with van der Waals surface area (Å²) in [5.41, 5.74) is 1.53. The highest BCUT2D eigenvalue weighted by molar-refractivity contribution is 7.99. The molecule has 21 heavy (non-hydrogen) atoms. The van der Waals surface area contributed by atoms with Gasteiger partial charge in [-0.25, -0.2) is 15.0 Å². The first kappa shape index (κ1) is 14.3. The molecule has 0 aliphatic carbocycles. The molecule has 0 radical (unpaired) electrons. The minimum atomic E-state index is 0.0713. The summed E-state index contributed by atoms with van der Waals surface area (Å²) >= 11 is 1.61. The molecule has 2 N–H and O–H groups in total. The van der Waals surface area contributed by atoms with Crippen LogP contribution in [0.4, 0.5) is 0 Å². The van der Waals surface area contributed by atoms with E-state index in [1.165, 1.54) is 6.33 Å². The lowest BCUT2D eigenvalue weighted by Gasteiger charge is -2.23. The van der Waals surface area contributed by atoms with Gasteiger partial charge in [0.05, 0.1) is 19.0 Å². The summed E-state index contributed by atoms with van der Waals surface area (Å²) in [6.45, 7) is 3.38. The van der Waals surface area contributed by atoms with E-state index >= 15 is 0 Å². The Morgan fingerprint density at radius 1 is 1.43 bits per heavy atom. The van der Waals surface area contributed by atoms with Crippen LogP contribution in [0.25, 0.3) is 11.2 Å². The smallest absolute Gasteiger partial charge is 0.237 e. The van der Waals surface area contributed by atoms with Gasteiger partial charge in [0.15, 0.2) is 5.65 Å². The van der Waals surface area contributed by atoms with Crippen molar-refractivity contribution in [2.24, 2.45) is 0 Å². The van der Waals surface area contributed by atoms with Crippen molar-refractivity contribution in [1.82, 2.24) is 30.2 Å². The van der Waals surface area contributed by atoms with Crippen LogP contribution < -0.4 is 5.32 Å². The van der Waals surface area contributed by atoms with Crippen molar-refractivity contribution >= 4 is 28.8 Å². The fourth-order valence-corrected chi connectivity index (χ4v) is 3.39. The number of fused-ring (bicyclic) bond motifs is 1. The van der Waals surface area contributed by atoms with Gasteiger partial charge in [0.25, 0.3) is 0 Å². The number of imidazole rings is 1. The summed E-state index contributed by atoms with van der Waals surface area (Å²) in [6, 6.07) is 0. The van der Waals surface area contributed by atoms with Gasteiger partial charge in [-0.1, -0.05) is 13.3 Å². The largest absolute Gasteiger partial charge is 0.341 e. The second-order valence-electron chi connectivity index (χ2n) is 4.93. The predicted octanol–water partition coefficient (Wildman–Crippen LogP) is 1.00. The zero-order valence-electron chi connectivity index (χ0n) is 11.9. The Morgan fingerprint density at radius 3 is 3.19 bits per heavy atom. The van der Waals surface area contributed by atoms with E-state index in [-0.39, 0.29) is 12.1 Å². The van der Waals surface area contributed by atoms with E-state index in [0.717, 1.165) is 35.7 Å². The Labute approximate surface area is 126 Å². The highest BCUT2D eigenvalue weighted by atomic mass is 32.2. The van der Waals surface area contributed by atoms with Crippen LogP contribution >= 0.6 is 11.8 Å². The second-order valence-corrected chi connectivity index (χ2v) is 5.94. The van der Waals surface area contributed by atoms with Crippen molar-refractivity contribution < 1.29 is 4.79 Å². The lowest BCUT2D eigenvalue weighted by Crippen LogP contribution is -2.39. The van der Waals surface area contributed by atoms with Gasteiger partial charge in [0, 0.05) is 12.3 Å². The Bertz CT molecular complexity index is 630. The minimum Gasteiger partial charge on any atom is -0.341 e. The SMILES string of the molecule is CCCCN1C(=O)CNC1CSc1ncnc2nc[nH]c12. The zero-order chi connectivity index (χ0) is 14.7. The molecule has 0 aromatic carbocycles. The fraction of sp³-hybridized carbons (Fsp3) is 0.538. The third kappa shape index (κ3) is 3.01. The first-order valence-electron chi connectivity index (χ1n) is 7.09. The maximum Gasteiger partial charge on any atom is 0.237 e. The van der Waals surface area contributed by atoms with Gasteiger partial charge in [-0.3, -0.25) is 10.1 Å². The molecule has 112 valence electrons. The van der Waals surface area contributed by atoms with Crippen molar-refractivity contribution in [3.8, 4) is 0 Å². The highest BCUT2D eigenvalue weighted by Crippen LogP contribution is 2.24. The van der Waals surface area contributed by atoms with Crippen LogP contribution in [0, 0.1) is 0 Å². The molecule has 1 atom stereocenters. The number of hydrogen-bond donors (Lipinski definition) is 2. The normalized spacial score (nSPS) is 18.8. The van der Waals surface area contributed by atoms with Gasteiger partial charge in [0.1, 0.15) is 16.9 Å². The first-order valence-corrected chi connectivity index (χ1v) is 8.08. The summed E-state index contributed by atoms with van der Waals surface area (Å²) in [7, 11) is 0. The number of nitrogens with zero attached hydrogens (tertiary/aromatic N) is 4. The number of amides is 1. The standard InChI is InChI=1S/C13H18N6OS/c1-2-3-4-19-9(14-5-10(19)20)6-21-13-11-12(16-7-15-11)17-8-18-13/h7-9,14H,2-6H2,1H3,(H,15,16,17,18). The molecule has 0 bridgehead atoms. The molecule has 2 aromatic heterocycles. The van der Waals surface area contributed by atoms with E-state index in [9.17, 15) is 4.79 Å².